The summed E-state index contributed by atoms with van der Waals surface area (Å²) in [5.41, 5.74) is 6.23. The molecule has 0 amide bonds. The molecule has 0 aliphatic heterocycles. The molecular weight excluding hydrogens is 329 g/mol. The molecule has 0 saturated carbocycles. The van der Waals surface area contributed by atoms with Crippen LogP contribution in [0.4, 0.5) is 0 Å². The lowest BCUT2D eigenvalue weighted by atomic mass is 9.92. The molecular formula is C14H21ClNO5P. The quantitative estimate of drug-likeness (QED) is 0.496. The Hall–Kier alpha value is -0.750. The van der Waals surface area contributed by atoms with Crippen LogP contribution < -0.4 is 5.73 Å². The number of Topliss-reactive ketones (excluding diaryl/α,β-unsaturated/α-hetero) is 1. The van der Waals surface area contributed by atoms with Gasteiger partial charge in [0.25, 0.3) is 0 Å². The van der Waals surface area contributed by atoms with E-state index in [-0.39, 0.29) is 25.5 Å². The maximum absolute atomic E-state index is 12.0. The summed E-state index contributed by atoms with van der Waals surface area (Å²) in [6.45, 7) is 2.00. The van der Waals surface area contributed by atoms with E-state index < -0.39 is 20.0 Å². The highest BCUT2D eigenvalue weighted by Crippen LogP contribution is 2.27. The molecule has 6 nitrogen and oxygen atoms in total. The fourth-order valence-corrected chi connectivity index (χ4v) is 2.68. The number of carbonyl (C=O) groups excluding carboxylic acids is 1. The summed E-state index contributed by atoms with van der Waals surface area (Å²) in [6, 6.07) is 5.77. The Morgan fingerprint density at radius 3 is 2.50 bits per heavy atom. The molecule has 0 saturated heterocycles. The topological polar surface area (TPSA) is 98.9 Å². The third kappa shape index (κ3) is 6.16. The largest absolute Gasteiger partial charge is 0.345 e. The van der Waals surface area contributed by atoms with Crippen LogP contribution in [0.1, 0.15) is 24.8 Å². The lowest BCUT2D eigenvalue weighted by molar-refractivity contribution is -0.121. The highest BCUT2D eigenvalue weighted by Gasteiger charge is 2.21. The monoisotopic (exact) mass is 349 g/mol. The van der Waals surface area contributed by atoms with Crippen molar-refractivity contribution in [1.82, 2.24) is 0 Å². The first-order chi connectivity index (χ1) is 10.5. The number of carbonyl (C=O) groups is 1. The van der Waals surface area contributed by atoms with Crippen molar-refractivity contribution in [2.24, 2.45) is 5.73 Å². The van der Waals surface area contributed by atoms with Crippen molar-refractivity contribution in [3.05, 3.63) is 34.9 Å². The van der Waals surface area contributed by atoms with Crippen molar-refractivity contribution in [2.45, 2.75) is 25.3 Å². The molecule has 1 rings (SSSR count). The number of hydrogen-bond acceptors (Lipinski definition) is 5. The zero-order chi connectivity index (χ0) is 16.5. The Morgan fingerprint density at radius 2 is 2.00 bits per heavy atom. The molecule has 0 heterocycles. The Bertz CT molecular complexity index is 497. The minimum Gasteiger partial charge on any atom is -0.345 e. The van der Waals surface area contributed by atoms with Gasteiger partial charge in [-0.1, -0.05) is 23.7 Å². The summed E-state index contributed by atoms with van der Waals surface area (Å²) >= 11 is 5.84. The standard InChI is InChI=1S/C14H21ClNO5P/c1-2-20-14(22(18)19)21-8-7-12(13(17)9-16)10-3-5-11(15)6-4-10/h3-6,12,14,22H,2,7-9,16H2,1H3,(H,18,19). The number of ketones is 1. The Balaban J connectivity index is 2.68. The van der Waals surface area contributed by atoms with Gasteiger partial charge in [0.15, 0.2) is 5.78 Å². The van der Waals surface area contributed by atoms with Crippen LogP contribution in [-0.4, -0.2) is 36.5 Å². The number of ether oxygens (including phenoxy) is 2. The van der Waals surface area contributed by atoms with Crippen LogP contribution in [0.15, 0.2) is 24.3 Å². The van der Waals surface area contributed by atoms with Crippen molar-refractivity contribution in [3.63, 3.8) is 0 Å². The molecule has 0 aromatic heterocycles. The van der Waals surface area contributed by atoms with Gasteiger partial charge in [0.1, 0.15) is 0 Å². The van der Waals surface area contributed by atoms with Crippen LogP contribution in [0.2, 0.25) is 5.02 Å². The first kappa shape index (κ1) is 19.3. The summed E-state index contributed by atoms with van der Waals surface area (Å²) in [5, 5.41) is 0.578. The van der Waals surface area contributed by atoms with E-state index in [0.29, 0.717) is 11.4 Å². The summed E-state index contributed by atoms with van der Waals surface area (Å²) in [7, 11) is -2.95. The van der Waals surface area contributed by atoms with E-state index in [4.69, 9.17) is 31.7 Å². The molecule has 22 heavy (non-hydrogen) atoms. The smallest absolute Gasteiger partial charge is 0.243 e. The maximum atomic E-state index is 12.0. The van der Waals surface area contributed by atoms with Gasteiger partial charge in [-0.2, -0.15) is 0 Å². The van der Waals surface area contributed by atoms with Crippen molar-refractivity contribution in [3.8, 4) is 0 Å². The third-order valence-corrected chi connectivity index (χ3v) is 4.05. The molecule has 3 atom stereocenters. The number of rotatable bonds is 10. The van der Waals surface area contributed by atoms with Gasteiger partial charge >= 0.3 is 0 Å². The maximum Gasteiger partial charge on any atom is 0.243 e. The van der Waals surface area contributed by atoms with E-state index in [1.807, 2.05) is 0 Å². The summed E-state index contributed by atoms with van der Waals surface area (Å²) < 4.78 is 21.4. The van der Waals surface area contributed by atoms with E-state index >= 15 is 0 Å². The molecule has 8 heteroatoms. The summed E-state index contributed by atoms with van der Waals surface area (Å²) in [4.78, 5) is 21.1. The summed E-state index contributed by atoms with van der Waals surface area (Å²) in [5.74, 6) is -0.568. The van der Waals surface area contributed by atoms with Gasteiger partial charge in [-0.05, 0) is 31.0 Å². The molecule has 0 aliphatic rings. The van der Waals surface area contributed by atoms with Gasteiger partial charge in [0, 0.05) is 17.5 Å². The normalized spacial score (nSPS) is 15.3. The van der Waals surface area contributed by atoms with Gasteiger partial charge in [-0.15, -0.1) is 0 Å². The second kappa shape index (κ2) is 10.1. The van der Waals surface area contributed by atoms with Gasteiger partial charge in [0.2, 0.25) is 14.1 Å². The van der Waals surface area contributed by atoms with Crippen LogP contribution in [0.25, 0.3) is 0 Å². The Labute approximate surface area is 135 Å². The molecule has 0 bridgehead atoms. The van der Waals surface area contributed by atoms with Gasteiger partial charge < -0.3 is 20.1 Å². The molecule has 1 aromatic carbocycles. The predicted octanol–water partition coefficient (Wildman–Crippen LogP) is 2.15. The van der Waals surface area contributed by atoms with Crippen LogP contribution in [0.3, 0.4) is 0 Å². The van der Waals surface area contributed by atoms with Gasteiger partial charge in [-0.25, -0.2) is 0 Å². The molecule has 0 spiro atoms. The second-order valence-corrected chi connectivity index (χ2v) is 6.14. The van der Waals surface area contributed by atoms with Crippen molar-refractivity contribution >= 4 is 25.4 Å². The zero-order valence-electron chi connectivity index (χ0n) is 12.3. The third-order valence-electron chi connectivity index (χ3n) is 3.06. The molecule has 1 aromatic rings. The predicted molar refractivity (Wildman–Crippen MR) is 85.5 cm³/mol. The van der Waals surface area contributed by atoms with Crippen molar-refractivity contribution in [2.75, 3.05) is 19.8 Å². The molecule has 3 unspecified atom stereocenters. The number of benzene rings is 1. The van der Waals surface area contributed by atoms with Crippen LogP contribution in [0.5, 0.6) is 0 Å². The number of nitrogens with two attached hydrogens (primary N) is 1. The molecule has 3 N–H and O–H groups in total. The molecule has 0 fully saturated rings. The number of halogens is 1. The lowest BCUT2D eigenvalue weighted by Crippen LogP contribution is -2.24. The van der Waals surface area contributed by atoms with Gasteiger partial charge in [0.05, 0.1) is 13.2 Å². The van der Waals surface area contributed by atoms with E-state index in [1.165, 1.54) is 0 Å². The van der Waals surface area contributed by atoms with E-state index in [0.717, 1.165) is 5.56 Å². The fourth-order valence-electron chi connectivity index (χ4n) is 1.99. The highest BCUT2D eigenvalue weighted by molar-refractivity contribution is 7.38. The van der Waals surface area contributed by atoms with Crippen LogP contribution in [-0.2, 0) is 18.8 Å². The summed E-state index contributed by atoms with van der Waals surface area (Å²) in [6.07, 6.45) is 0.344. The van der Waals surface area contributed by atoms with Crippen LogP contribution in [0, 0.1) is 0 Å². The average Bonchev–Trinajstić information content (AvgIpc) is 2.50. The Morgan fingerprint density at radius 1 is 1.36 bits per heavy atom. The first-order valence-corrected chi connectivity index (χ1v) is 8.74. The SMILES string of the molecule is CCOC(OCCC(C(=O)CN)c1ccc(Cl)cc1)[PH](=O)O. The van der Waals surface area contributed by atoms with Crippen molar-refractivity contribution in [1.29, 1.82) is 0 Å². The van der Waals surface area contributed by atoms with E-state index in [2.05, 4.69) is 0 Å². The highest BCUT2D eigenvalue weighted by atomic mass is 35.5. The van der Waals surface area contributed by atoms with Gasteiger partial charge in [-0.3, -0.25) is 9.36 Å². The average molecular weight is 350 g/mol. The van der Waals surface area contributed by atoms with Crippen molar-refractivity contribution < 1.29 is 23.7 Å². The minimum absolute atomic E-state index is 0.0845. The molecule has 124 valence electrons. The fraction of sp³-hybridized carbons (Fsp3) is 0.500. The van der Waals surface area contributed by atoms with E-state index in [9.17, 15) is 9.36 Å². The molecule has 0 radical (unpaired) electrons. The lowest BCUT2D eigenvalue weighted by Gasteiger charge is -2.18. The van der Waals surface area contributed by atoms with Crippen LogP contribution >= 0.6 is 19.6 Å². The minimum atomic E-state index is -2.95. The molecule has 0 aliphatic carbocycles. The van der Waals surface area contributed by atoms with E-state index in [1.54, 1.807) is 31.2 Å². The zero-order valence-corrected chi connectivity index (χ0v) is 14.1. The number of hydrogen-bond donors (Lipinski definition) is 2. The second-order valence-electron chi connectivity index (χ2n) is 4.56. The Kier molecular flexibility index (Phi) is 8.86. The first-order valence-electron chi connectivity index (χ1n) is 6.93.